The van der Waals surface area contributed by atoms with E-state index in [1.165, 1.54) is 0 Å². The minimum absolute atomic E-state index is 0.238. The molecule has 19 heavy (non-hydrogen) atoms. The number of hydrogen-bond donors (Lipinski definition) is 1. The van der Waals surface area contributed by atoms with Crippen LogP contribution in [0.5, 0.6) is 0 Å². The number of hydrogen-bond acceptors (Lipinski definition) is 6. The second kappa shape index (κ2) is 8.84. The maximum absolute atomic E-state index is 6.18. The zero-order chi connectivity index (χ0) is 14.3. The molecule has 0 amide bonds. The molecule has 1 saturated heterocycles. The summed E-state index contributed by atoms with van der Waals surface area (Å²) in [4.78, 5) is 0. The normalized spacial score (nSPS) is 35.5. The van der Waals surface area contributed by atoms with E-state index in [1.807, 2.05) is 20.8 Å². The SMILES string of the molecule is CCOC1O[C@H](COC)[C@@H](OCC)[C@H](OCC)[C@H]1N. The Labute approximate surface area is 115 Å². The lowest BCUT2D eigenvalue weighted by molar-refractivity contribution is -0.279. The van der Waals surface area contributed by atoms with Crippen molar-refractivity contribution in [3.63, 3.8) is 0 Å². The van der Waals surface area contributed by atoms with Crippen molar-refractivity contribution >= 4 is 0 Å². The standard InChI is InChI=1S/C13H27NO5/c1-5-16-11-9(8-15-4)19-13(18-7-3)10(14)12(11)17-6-2/h9-13H,5-8,14H2,1-4H3/t9-,10-,11-,12-,13?/m1/s1. The molecule has 1 heterocycles. The van der Waals surface area contributed by atoms with Gasteiger partial charge >= 0.3 is 0 Å². The van der Waals surface area contributed by atoms with E-state index < -0.39 is 6.29 Å². The predicted molar refractivity (Wildman–Crippen MR) is 71.0 cm³/mol. The Morgan fingerprint density at radius 2 is 1.53 bits per heavy atom. The van der Waals surface area contributed by atoms with Gasteiger partial charge < -0.3 is 29.4 Å². The number of nitrogens with two attached hydrogens (primary N) is 1. The molecule has 5 atom stereocenters. The highest BCUT2D eigenvalue weighted by molar-refractivity contribution is 4.94. The summed E-state index contributed by atoms with van der Waals surface area (Å²) in [6, 6.07) is -0.371. The van der Waals surface area contributed by atoms with Gasteiger partial charge in [0, 0.05) is 26.9 Å². The first kappa shape index (κ1) is 16.8. The summed E-state index contributed by atoms with van der Waals surface area (Å²) < 4.78 is 28.1. The third kappa shape index (κ3) is 4.37. The summed E-state index contributed by atoms with van der Waals surface area (Å²) in [5, 5.41) is 0. The maximum atomic E-state index is 6.18. The molecule has 1 unspecified atom stereocenters. The van der Waals surface area contributed by atoms with Gasteiger partial charge in [-0.1, -0.05) is 0 Å². The molecule has 0 spiro atoms. The van der Waals surface area contributed by atoms with Crippen molar-refractivity contribution in [2.75, 3.05) is 33.5 Å². The van der Waals surface area contributed by atoms with Gasteiger partial charge in [-0.25, -0.2) is 0 Å². The summed E-state index contributed by atoms with van der Waals surface area (Å²) >= 11 is 0. The summed E-state index contributed by atoms with van der Waals surface area (Å²) in [5.74, 6) is 0. The molecule has 6 heteroatoms. The molecule has 6 nitrogen and oxygen atoms in total. The van der Waals surface area contributed by atoms with E-state index in [1.54, 1.807) is 7.11 Å². The summed E-state index contributed by atoms with van der Waals surface area (Å²) in [6.07, 6.45) is -1.22. The van der Waals surface area contributed by atoms with Crippen LogP contribution in [0.1, 0.15) is 20.8 Å². The van der Waals surface area contributed by atoms with Crippen LogP contribution < -0.4 is 5.73 Å². The molecule has 0 aromatic rings. The topological polar surface area (TPSA) is 72.2 Å². The molecule has 0 saturated carbocycles. The molecule has 1 aliphatic rings. The molecule has 1 rings (SSSR count). The lowest BCUT2D eigenvalue weighted by Gasteiger charge is -2.44. The van der Waals surface area contributed by atoms with Crippen molar-refractivity contribution in [2.24, 2.45) is 5.73 Å². The van der Waals surface area contributed by atoms with E-state index in [9.17, 15) is 0 Å². The van der Waals surface area contributed by atoms with E-state index in [4.69, 9.17) is 29.4 Å². The largest absolute Gasteiger partial charge is 0.382 e. The Balaban J connectivity index is 2.83. The van der Waals surface area contributed by atoms with Crippen molar-refractivity contribution in [3.8, 4) is 0 Å². The van der Waals surface area contributed by atoms with Crippen LogP contribution in [0, 0.1) is 0 Å². The summed E-state index contributed by atoms with van der Waals surface area (Å²) in [5.41, 5.74) is 6.18. The lowest BCUT2D eigenvalue weighted by Crippen LogP contribution is -2.64. The smallest absolute Gasteiger partial charge is 0.175 e. The Kier molecular flexibility index (Phi) is 7.82. The van der Waals surface area contributed by atoms with Gasteiger partial charge in [-0.3, -0.25) is 0 Å². The Hall–Kier alpha value is -0.240. The van der Waals surface area contributed by atoms with E-state index in [2.05, 4.69) is 0 Å². The average molecular weight is 277 g/mol. The maximum Gasteiger partial charge on any atom is 0.175 e. The highest BCUT2D eigenvalue weighted by Crippen LogP contribution is 2.25. The van der Waals surface area contributed by atoms with Gasteiger partial charge in [0.15, 0.2) is 6.29 Å². The zero-order valence-electron chi connectivity index (χ0n) is 12.3. The van der Waals surface area contributed by atoms with Crippen LogP contribution in [0.2, 0.25) is 0 Å². The first-order valence-electron chi connectivity index (χ1n) is 6.94. The first-order valence-corrected chi connectivity index (χ1v) is 6.94. The van der Waals surface area contributed by atoms with Gasteiger partial charge in [-0.2, -0.15) is 0 Å². The summed E-state index contributed by atoms with van der Waals surface area (Å²) in [7, 11) is 1.63. The first-order chi connectivity index (χ1) is 9.19. The van der Waals surface area contributed by atoms with Crippen molar-refractivity contribution in [1.29, 1.82) is 0 Å². The van der Waals surface area contributed by atoms with Gasteiger partial charge in [0.2, 0.25) is 0 Å². The number of ether oxygens (including phenoxy) is 5. The molecule has 0 aliphatic carbocycles. The molecule has 114 valence electrons. The molecule has 0 aromatic carbocycles. The zero-order valence-corrected chi connectivity index (χ0v) is 12.3. The molecular weight excluding hydrogens is 250 g/mol. The second-order valence-electron chi connectivity index (χ2n) is 4.37. The van der Waals surface area contributed by atoms with Crippen molar-refractivity contribution in [3.05, 3.63) is 0 Å². The van der Waals surface area contributed by atoms with Crippen LogP contribution in [-0.2, 0) is 23.7 Å². The fraction of sp³-hybridized carbons (Fsp3) is 1.00. The Bertz CT molecular complexity index is 241. The van der Waals surface area contributed by atoms with E-state index >= 15 is 0 Å². The van der Waals surface area contributed by atoms with Crippen molar-refractivity contribution < 1.29 is 23.7 Å². The third-order valence-electron chi connectivity index (χ3n) is 3.07. The van der Waals surface area contributed by atoms with Gasteiger partial charge in [-0.15, -0.1) is 0 Å². The molecular formula is C13H27NO5. The van der Waals surface area contributed by atoms with Crippen LogP contribution in [0.4, 0.5) is 0 Å². The molecule has 0 radical (unpaired) electrons. The molecule has 2 N–H and O–H groups in total. The van der Waals surface area contributed by atoms with Crippen LogP contribution in [-0.4, -0.2) is 64.2 Å². The molecule has 0 aromatic heterocycles. The molecule has 1 fully saturated rings. The van der Waals surface area contributed by atoms with Gasteiger partial charge in [0.1, 0.15) is 18.3 Å². The minimum atomic E-state index is -0.488. The van der Waals surface area contributed by atoms with Gasteiger partial charge in [0.25, 0.3) is 0 Å². The van der Waals surface area contributed by atoms with E-state index in [0.29, 0.717) is 26.4 Å². The number of rotatable bonds is 8. The quantitative estimate of drug-likeness (QED) is 0.698. The van der Waals surface area contributed by atoms with Crippen LogP contribution in [0.15, 0.2) is 0 Å². The second-order valence-corrected chi connectivity index (χ2v) is 4.37. The van der Waals surface area contributed by atoms with E-state index in [-0.39, 0.29) is 24.4 Å². The lowest BCUT2D eigenvalue weighted by atomic mass is 9.97. The number of methoxy groups -OCH3 is 1. The van der Waals surface area contributed by atoms with Gasteiger partial charge in [-0.05, 0) is 20.8 Å². The fourth-order valence-corrected chi connectivity index (χ4v) is 2.33. The monoisotopic (exact) mass is 277 g/mol. The molecule has 0 bridgehead atoms. The van der Waals surface area contributed by atoms with Crippen LogP contribution in [0.3, 0.4) is 0 Å². The van der Waals surface area contributed by atoms with Crippen LogP contribution >= 0.6 is 0 Å². The fourth-order valence-electron chi connectivity index (χ4n) is 2.33. The van der Waals surface area contributed by atoms with Gasteiger partial charge in [0.05, 0.1) is 12.6 Å². The Morgan fingerprint density at radius 3 is 2.05 bits per heavy atom. The highest BCUT2D eigenvalue weighted by Gasteiger charge is 2.45. The Morgan fingerprint density at radius 1 is 0.947 bits per heavy atom. The minimum Gasteiger partial charge on any atom is -0.382 e. The summed E-state index contributed by atoms with van der Waals surface area (Å²) in [6.45, 7) is 7.88. The predicted octanol–water partition coefficient (Wildman–Crippen LogP) is 0.532. The highest BCUT2D eigenvalue weighted by atomic mass is 16.7. The molecule has 1 aliphatic heterocycles. The van der Waals surface area contributed by atoms with Crippen molar-refractivity contribution in [2.45, 2.75) is 51.4 Å². The average Bonchev–Trinajstić information content (AvgIpc) is 2.39. The van der Waals surface area contributed by atoms with Crippen molar-refractivity contribution in [1.82, 2.24) is 0 Å². The van der Waals surface area contributed by atoms with Crippen LogP contribution in [0.25, 0.3) is 0 Å². The third-order valence-corrected chi connectivity index (χ3v) is 3.07. The van der Waals surface area contributed by atoms with E-state index in [0.717, 1.165) is 0 Å².